The first-order chi connectivity index (χ1) is 12.3. The van der Waals surface area contributed by atoms with Gasteiger partial charge in [-0.05, 0) is 29.2 Å². The van der Waals surface area contributed by atoms with Gasteiger partial charge in [-0.15, -0.1) is 0 Å². The second-order valence-corrected chi connectivity index (χ2v) is 8.50. The van der Waals surface area contributed by atoms with Crippen LogP contribution in [0.15, 0.2) is 54.6 Å². The van der Waals surface area contributed by atoms with Gasteiger partial charge in [-0.25, -0.2) is 8.42 Å². The molecule has 0 radical (unpaired) electrons. The lowest BCUT2D eigenvalue weighted by atomic mass is 10.0. The van der Waals surface area contributed by atoms with E-state index in [0.29, 0.717) is 18.2 Å². The lowest BCUT2D eigenvalue weighted by Gasteiger charge is -2.22. The van der Waals surface area contributed by atoms with E-state index in [2.05, 4.69) is 19.2 Å². The molecule has 0 bridgehead atoms. The Hall–Kier alpha value is -2.34. The van der Waals surface area contributed by atoms with Crippen LogP contribution < -0.4 is 9.62 Å². The Morgan fingerprint density at radius 3 is 2.19 bits per heavy atom. The number of nitrogens with zero attached hydrogens (tertiary/aromatic N) is 1. The summed E-state index contributed by atoms with van der Waals surface area (Å²) in [5, 5.41) is 2.82. The molecule has 140 valence electrons. The molecular weight excluding hydrogens is 348 g/mol. The Bertz CT molecular complexity index is 816. The third-order valence-electron chi connectivity index (χ3n) is 4.12. The van der Waals surface area contributed by atoms with Crippen LogP contribution in [0.3, 0.4) is 0 Å². The molecule has 2 aromatic carbocycles. The smallest absolute Gasteiger partial charge is 0.232 e. The number of hydrogen-bond acceptors (Lipinski definition) is 3. The van der Waals surface area contributed by atoms with Crippen molar-refractivity contribution in [2.75, 3.05) is 17.1 Å². The molecule has 0 unspecified atom stereocenters. The minimum absolute atomic E-state index is 0.103. The van der Waals surface area contributed by atoms with Crippen LogP contribution in [0.1, 0.15) is 37.3 Å². The summed E-state index contributed by atoms with van der Waals surface area (Å²) in [4.78, 5) is 12.1. The maximum absolute atomic E-state index is 12.1. The molecule has 0 fully saturated rings. The lowest BCUT2D eigenvalue weighted by Crippen LogP contribution is -2.34. The van der Waals surface area contributed by atoms with E-state index in [4.69, 9.17) is 0 Å². The number of nitrogens with one attached hydrogen (secondary N) is 1. The Balaban J connectivity index is 1.99. The number of carbonyl (C=O) groups is 1. The van der Waals surface area contributed by atoms with Crippen LogP contribution in [-0.2, 0) is 21.4 Å². The highest BCUT2D eigenvalue weighted by Gasteiger charge is 2.18. The Labute approximate surface area is 156 Å². The zero-order valence-corrected chi connectivity index (χ0v) is 16.3. The number of carbonyl (C=O) groups excluding carboxylic acids is 1. The van der Waals surface area contributed by atoms with Crippen LogP contribution in [0.25, 0.3) is 0 Å². The molecular formula is C20H26N2O3S. The summed E-state index contributed by atoms with van der Waals surface area (Å²) in [6.45, 7) is 4.71. The average molecular weight is 375 g/mol. The number of amides is 1. The minimum Gasteiger partial charge on any atom is -0.352 e. The van der Waals surface area contributed by atoms with Gasteiger partial charge in [0.25, 0.3) is 0 Å². The fraction of sp³-hybridized carbons (Fsp3) is 0.350. The average Bonchev–Trinajstić information content (AvgIpc) is 2.60. The molecule has 5 nitrogen and oxygen atoms in total. The summed E-state index contributed by atoms with van der Waals surface area (Å²) in [6.07, 6.45) is 1.26. The van der Waals surface area contributed by atoms with Gasteiger partial charge < -0.3 is 5.32 Å². The van der Waals surface area contributed by atoms with E-state index in [1.54, 1.807) is 12.1 Å². The topological polar surface area (TPSA) is 66.5 Å². The molecule has 0 spiro atoms. The van der Waals surface area contributed by atoms with Crippen LogP contribution >= 0.6 is 0 Å². The zero-order chi connectivity index (χ0) is 19.2. The molecule has 2 aromatic rings. The summed E-state index contributed by atoms with van der Waals surface area (Å²) in [6, 6.07) is 17.0. The predicted octanol–water partition coefficient (Wildman–Crippen LogP) is 3.28. The third-order valence-corrected chi connectivity index (χ3v) is 5.32. The fourth-order valence-electron chi connectivity index (χ4n) is 2.60. The molecule has 26 heavy (non-hydrogen) atoms. The van der Waals surface area contributed by atoms with Crippen molar-refractivity contribution in [2.45, 2.75) is 32.7 Å². The number of rotatable bonds is 8. The van der Waals surface area contributed by atoms with Crippen molar-refractivity contribution in [1.82, 2.24) is 5.32 Å². The second kappa shape index (κ2) is 8.85. The SMILES string of the molecule is CC(C)c1ccc(N(CCC(=O)NCc2ccccc2)S(C)(=O)=O)cc1. The first-order valence-corrected chi connectivity index (χ1v) is 10.5. The van der Waals surface area contributed by atoms with Gasteiger partial charge in [0.15, 0.2) is 0 Å². The maximum atomic E-state index is 12.1. The zero-order valence-electron chi connectivity index (χ0n) is 15.5. The van der Waals surface area contributed by atoms with E-state index in [1.165, 1.54) is 4.31 Å². The molecule has 0 heterocycles. The predicted molar refractivity (Wildman–Crippen MR) is 106 cm³/mol. The molecule has 0 saturated heterocycles. The minimum atomic E-state index is -3.46. The molecule has 0 atom stereocenters. The molecule has 0 aliphatic heterocycles. The highest BCUT2D eigenvalue weighted by atomic mass is 32.2. The summed E-state index contributed by atoms with van der Waals surface area (Å²) in [5.41, 5.74) is 2.72. The van der Waals surface area contributed by atoms with Crippen molar-refractivity contribution in [2.24, 2.45) is 0 Å². The summed E-state index contributed by atoms with van der Waals surface area (Å²) >= 11 is 0. The summed E-state index contributed by atoms with van der Waals surface area (Å²) < 4.78 is 25.6. The Morgan fingerprint density at radius 1 is 1.04 bits per heavy atom. The number of anilines is 1. The normalized spacial score (nSPS) is 11.4. The number of benzene rings is 2. The van der Waals surface area contributed by atoms with Crippen molar-refractivity contribution in [3.63, 3.8) is 0 Å². The Morgan fingerprint density at radius 2 is 1.65 bits per heavy atom. The first-order valence-electron chi connectivity index (χ1n) is 8.65. The Kier molecular flexibility index (Phi) is 6.80. The highest BCUT2D eigenvalue weighted by Crippen LogP contribution is 2.22. The molecule has 0 aliphatic rings. The number of hydrogen-bond donors (Lipinski definition) is 1. The monoisotopic (exact) mass is 374 g/mol. The van der Waals surface area contributed by atoms with Crippen LogP contribution in [0.5, 0.6) is 0 Å². The van der Waals surface area contributed by atoms with Gasteiger partial charge in [0.05, 0.1) is 11.9 Å². The van der Waals surface area contributed by atoms with Crippen LogP contribution in [0, 0.1) is 0 Å². The molecule has 1 amide bonds. The fourth-order valence-corrected chi connectivity index (χ4v) is 3.53. The molecule has 0 aliphatic carbocycles. The number of sulfonamides is 1. The largest absolute Gasteiger partial charge is 0.352 e. The molecule has 0 aromatic heterocycles. The van der Waals surface area contributed by atoms with E-state index < -0.39 is 10.0 Å². The van der Waals surface area contributed by atoms with Gasteiger partial charge in [-0.3, -0.25) is 9.10 Å². The van der Waals surface area contributed by atoms with Crippen LogP contribution in [0.4, 0.5) is 5.69 Å². The first kappa shape index (κ1) is 20.0. The highest BCUT2D eigenvalue weighted by molar-refractivity contribution is 7.92. The van der Waals surface area contributed by atoms with E-state index >= 15 is 0 Å². The van der Waals surface area contributed by atoms with Gasteiger partial charge in [-0.2, -0.15) is 0 Å². The van der Waals surface area contributed by atoms with Gasteiger partial charge in [0.2, 0.25) is 15.9 Å². The van der Waals surface area contributed by atoms with Gasteiger partial charge in [0, 0.05) is 19.5 Å². The summed E-state index contributed by atoms with van der Waals surface area (Å²) in [5.74, 6) is 0.195. The van der Waals surface area contributed by atoms with Gasteiger partial charge >= 0.3 is 0 Å². The third kappa shape index (κ3) is 5.88. The van der Waals surface area contributed by atoms with E-state index in [1.807, 2.05) is 42.5 Å². The van der Waals surface area contributed by atoms with Crippen molar-refractivity contribution < 1.29 is 13.2 Å². The lowest BCUT2D eigenvalue weighted by molar-refractivity contribution is -0.121. The van der Waals surface area contributed by atoms with Crippen molar-refractivity contribution in [3.8, 4) is 0 Å². The van der Waals surface area contributed by atoms with Crippen LogP contribution in [0.2, 0.25) is 0 Å². The van der Waals surface area contributed by atoms with Crippen molar-refractivity contribution in [1.29, 1.82) is 0 Å². The summed E-state index contributed by atoms with van der Waals surface area (Å²) in [7, 11) is -3.46. The van der Waals surface area contributed by atoms with Crippen molar-refractivity contribution >= 4 is 21.6 Å². The van der Waals surface area contributed by atoms with Crippen molar-refractivity contribution in [3.05, 3.63) is 65.7 Å². The standard InChI is InChI=1S/C20H26N2O3S/c1-16(2)18-9-11-19(12-10-18)22(26(3,24)25)14-13-20(23)21-15-17-7-5-4-6-8-17/h4-12,16H,13-15H2,1-3H3,(H,21,23). The molecule has 0 saturated carbocycles. The molecule has 2 rings (SSSR count). The quantitative estimate of drug-likeness (QED) is 0.771. The van der Waals surface area contributed by atoms with Crippen LogP contribution in [-0.4, -0.2) is 27.1 Å². The second-order valence-electron chi connectivity index (χ2n) is 6.59. The molecule has 6 heteroatoms. The van der Waals surface area contributed by atoms with E-state index in [0.717, 1.165) is 17.4 Å². The maximum Gasteiger partial charge on any atom is 0.232 e. The molecule has 1 N–H and O–H groups in total. The van der Waals surface area contributed by atoms with Gasteiger partial charge in [0.1, 0.15) is 0 Å². The van der Waals surface area contributed by atoms with E-state index in [9.17, 15) is 13.2 Å². The van der Waals surface area contributed by atoms with Gasteiger partial charge in [-0.1, -0.05) is 56.3 Å². The van der Waals surface area contributed by atoms with E-state index in [-0.39, 0.29) is 18.9 Å².